The van der Waals surface area contributed by atoms with Gasteiger partial charge in [-0.05, 0) is 66.9 Å². The number of carbonyl (C=O) groups is 4. The van der Waals surface area contributed by atoms with Crippen molar-refractivity contribution in [3.05, 3.63) is 151 Å². The van der Waals surface area contributed by atoms with Crippen molar-refractivity contribution in [1.82, 2.24) is 0 Å². The maximum atomic E-state index is 11.8. The number of carboxylic acid groups (broad SMARTS) is 2. The number of rotatable bonds is 11. The predicted octanol–water partition coefficient (Wildman–Crippen LogP) is 7.26. The summed E-state index contributed by atoms with van der Waals surface area (Å²) in [4.78, 5) is 45.2. The van der Waals surface area contributed by atoms with Crippen LogP contribution in [0.4, 0.5) is 0 Å². The molecule has 0 saturated heterocycles. The smallest absolute Gasteiger partial charge is 0.338 e. The SMILES string of the molecule is C=CC#N.C=CC=C.C=Cc1ccccc1.O=C(O)c1ccc(C(=O)OCCCCOC(=O)c2ccc(C(=O)O)cc2)cc1. The summed E-state index contributed by atoms with van der Waals surface area (Å²) in [7, 11) is 0. The van der Waals surface area contributed by atoms with Crippen LogP contribution in [0, 0.1) is 11.3 Å². The van der Waals surface area contributed by atoms with E-state index in [-0.39, 0.29) is 35.5 Å². The van der Waals surface area contributed by atoms with Crippen LogP contribution in [-0.2, 0) is 9.47 Å². The van der Waals surface area contributed by atoms with E-state index in [4.69, 9.17) is 24.9 Å². The van der Waals surface area contributed by atoms with Gasteiger partial charge in [-0.3, -0.25) is 0 Å². The Labute approximate surface area is 257 Å². The summed E-state index contributed by atoms with van der Waals surface area (Å²) in [5.41, 5.74) is 1.84. The summed E-state index contributed by atoms with van der Waals surface area (Å²) in [6, 6.07) is 22.5. The van der Waals surface area contributed by atoms with Gasteiger partial charge in [-0.1, -0.05) is 74.9 Å². The zero-order chi connectivity index (χ0) is 33.2. The van der Waals surface area contributed by atoms with Crippen molar-refractivity contribution < 1.29 is 38.9 Å². The number of carboxylic acids is 2. The van der Waals surface area contributed by atoms with E-state index in [1.807, 2.05) is 36.4 Å². The van der Waals surface area contributed by atoms with Crippen LogP contribution >= 0.6 is 0 Å². The van der Waals surface area contributed by atoms with Crippen molar-refractivity contribution in [2.45, 2.75) is 12.8 Å². The average molecular weight is 598 g/mol. The van der Waals surface area contributed by atoms with Crippen LogP contribution in [0.1, 0.15) is 59.8 Å². The number of allylic oxidation sites excluding steroid dienone is 3. The third-order valence-corrected chi connectivity index (χ3v) is 5.03. The van der Waals surface area contributed by atoms with Gasteiger partial charge in [0.2, 0.25) is 0 Å². The minimum absolute atomic E-state index is 0.0796. The van der Waals surface area contributed by atoms with Gasteiger partial charge >= 0.3 is 23.9 Å². The number of esters is 2. The number of benzene rings is 3. The third kappa shape index (κ3) is 16.9. The Morgan fingerprint density at radius 1 is 0.636 bits per heavy atom. The van der Waals surface area contributed by atoms with E-state index >= 15 is 0 Å². The first kappa shape index (κ1) is 38.0. The lowest BCUT2D eigenvalue weighted by atomic mass is 10.1. The highest BCUT2D eigenvalue weighted by atomic mass is 16.5. The van der Waals surface area contributed by atoms with Crippen LogP contribution in [0.3, 0.4) is 0 Å². The number of ether oxygens (including phenoxy) is 2. The Hall–Kier alpha value is -6.01. The lowest BCUT2D eigenvalue weighted by Crippen LogP contribution is -2.10. The number of aromatic carboxylic acids is 2. The molecule has 0 heterocycles. The largest absolute Gasteiger partial charge is 0.478 e. The van der Waals surface area contributed by atoms with Gasteiger partial charge in [-0.25, -0.2) is 19.2 Å². The first-order chi connectivity index (χ1) is 21.1. The second kappa shape index (κ2) is 23.7. The van der Waals surface area contributed by atoms with E-state index in [2.05, 4.69) is 26.3 Å². The first-order valence-electron chi connectivity index (χ1n) is 13.1. The topological polar surface area (TPSA) is 151 Å². The monoisotopic (exact) mass is 597 g/mol. The Balaban J connectivity index is 0.000000939. The fourth-order valence-electron chi connectivity index (χ4n) is 2.79. The quantitative estimate of drug-likeness (QED) is 0.101. The predicted molar refractivity (Wildman–Crippen MR) is 169 cm³/mol. The summed E-state index contributed by atoms with van der Waals surface area (Å²) in [6.45, 7) is 13.7. The van der Waals surface area contributed by atoms with Crippen molar-refractivity contribution in [1.29, 1.82) is 5.26 Å². The normalized spacial score (nSPS) is 8.80. The highest BCUT2D eigenvalue weighted by Gasteiger charge is 2.10. The molecule has 9 heteroatoms. The molecule has 228 valence electrons. The van der Waals surface area contributed by atoms with Crippen molar-refractivity contribution in [2.75, 3.05) is 13.2 Å². The molecule has 44 heavy (non-hydrogen) atoms. The summed E-state index contributed by atoms with van der Waals surface area (Å²) in [6.07, 6.45) is 7.24. The molecule has 3 rings (SSSR count). The molecule has 2 N–H and O–H groups in total. The highest BCUT2D eigenvalue weighted by molar-refractivity contribution is 5.93. The lowest BCUT2D eigenvalue weighted by Gasteiger charge is -2.07. The van der Waals surface area contributed by atoms with Gasteiger partial charge in [0.15, 0.2) is 0 Å². The minimum Gasteiger partial charge on any atom is -0.478 e. The minimum atomic E-state index is -1.08. The van der Waals surface area contributed by atoms with E-state index in [0.29, 0.717) is 12.8 Å². The molecule has 0 aliphatic heterocycles. The van der Waals surface area contributed by atoms with Gasteiger partial charge in [0.05, 0.1) is 41.5 Å². The molecule has 0 radical (unpaired) electrons. The molecule has 0 bridgehead atoms. The number of hydrogen-bond donors (Lipinski definition) is 2. The average Bonchev–Trinajstić information content (AvgIpc) is 3.07. The van der Waals surface area contributed by atoms with Gasteiger partial charge in [-0.2, -0.15) is 5.26 Å². The maximum absolute atomic E-state index is 11.8. The molecular formula is C35H35NO8. The van der Waals surface area contributed by atoms with Crippen LogP contribution < -0.4 is 0 Å². The maximum Gasteiger partial charge on any atom is 0.338 e. The van der Waals surface area contributed by atoms with Gasteiger partial charge in [0, 0.05) is 6.08 Å². The molecule has 3 aromatic carbocycles. The fraction of sp³-hybridized carbons (Fsp3) is 0.114. The van der Waals surface area contributed by atoms with Crippen LogP contribution in [0.5, 0.6) is 0 Å². The van der Waals surface area contributed by atoms with Crippen LogP contribution in [0.15, 0.2) is 123 Å². The van der Waals surface area contributed by atoms with E-state index in [1.54, 1.807) is 18.2 Å². The molecule has 0 spiro atoms. The fourth-order valence-corrected chi connectivity index (χ4v) is 2.79. The van der Waals surface area contributed by atoms with Gasteiger partial charge in [-0.15, -0.1) is 0 Å². The lowest BCUT2D eigenvalue weighted by molar-refractivity contribution is 0.0432. The van der Waals surface area contributed by atoms with Crippen molar-refractivity contribution in [2.24, 2.45) is 0 Å². The summed E-state index contributed by atoms with van der Waals surface area (Å²) in [5, 5.41) is 25.1. The van der Waals surface area contributed by atoms with Gasteiger partial charge < -0.3 is 19.7 Å². The number of unbranched alkanes of at least 4 members (excludes halogenated alkanes) is 1. The molecular weight excluding hydrogens is 562 g/mol. The summed E-state index contributed by atoms with van der Waals surface area (Å²) >= 11 is 0. The van der Waals surface area contributed by atoms with E-state index < -0.39 is 23.9 Å². The second-order valence-corrected chi connectivity index (χ2v) is 8.16. The van der Waals surface area contributed by atoms with Crippen LogP contribution in [0.2, 0.25) is 0 Å². The van der Waals surface area contributed by atoms with Crippen molar-refractivity contribution in [3.8, 4) is 6.07 Å². The summed E-state index contributed by atoms with van der Waals surface area (Å²) < 4.78 is 10.1. The number of nitrogens with zero attached hydrogens (tertiary/aromatic N) is 1. The molecule has 0 saturated carbocycles. The highest BCUT2D eigenvalue weighted by Crippen LogP contribution is 2.08. The molecule has 0 fully saturated rings. The zero-order valence-electron chi connectivity index (χ0n) is 24.3. The molecule has 9 nitrogen and oxygen atoms in total. The zero-order valence-corrected chi connectivity index (χ0v) is 24.3. The van der Waals surface area contributed by atoms with Crippen molar-refractivity contribution in [3.63, 3.8) is 0 Å². The molecule has 0 aliphatic rings. The Morgan fingerprint density at radius 3 is 1.23 bits per heavy atom. The number of hydrogen-bond acceptors (Lipinski definition) is 7. The Morgan fingerprint density at radius 2 is 0.977 bits per heavy atom. The third-order valence-electron chi connectivity index (χ3n) is 5.03. The van der Waals surface area contributed by atoms with E-state index in [0.717, 1.165) is 0 Å². The molecule has 3 aromatic rings. The molecule has 0 atom stereocenters. The van der Waals surface area contributed by atoms with Crippen LogP contribution in [-0.4, -0.2) is 47.3 Å². The summed E-state index contributed by atoms with van der Waals surface area (Å²) in [5.74, 6) is -3.28. The number of nitriles is 1. The Bertz CT molecular complexity index is 1320. The van der Waals surface area contributed by atoms with E-state index in [9.17, 15) is 19.2 Å². The van der Waals surface area contributed by atoms with Gasteiger partial charge in [0.25, 0.3) is 0 Å². The standard InChI is InChI=1S/C20H18O8.C8H8.C4H6.C3H3N/c21-17(22)13-3-7-15(8-4-13)19(25)27-11-1-2-12-28-20(26)16-9-5-14(6-10-16)18(23)24;1-2-8-6-4-3-5-7-8;1-3-4-2;1-2-3-4/h3-10H,1-2,11-12H2,(H,21,22)(H,23,24);2-7H,1H2;3-4H,1-2H2;2H,1H2. The second-order valence-electron chi connectivity index (χ2n) is 8.16. The van der Waals surface area contributed by atoms with E-state index in [1.165, 1.54) is 60.2 Å². The number of carbonyl (C=O) groups excluding carboxylic acids is 2. The molecule has 0 amide bonds. The van der Waals surface area contributed by atoms with Crippen molar-refractivity contribution >= 4 is 30.0 Å². The molecule has 0 unspecified atom stereocenters. The molecule has 0 aliphatic carbocycles. The first-order valence-corrected chi connectivity index (χ1v) is 13.1. The Kier molecular flexibility index (Phi) is 20.4. The molecule has 0 aromatic heterocycles. The van der Waals surface area contributed by atoms with Gasteiger partial charge in [0.1, 0.15) is 0 Å². The van der Waals surface area contributed by atoms with Crippen LogP contribution in [0.25, 0.3) is 6.08 Å².